The van der Waals surface area contributed by atoms with Gasteiger partial charge in [0.25, 0.3) is 5.56 Å². The smallest absolute Gasteiger partial charge is 0.253 e. The molecule has 34 heavy (non-hydrogen) atoms. The first kappa shape index (κ1) is 23.6. The van der Waals surface area contributed by atoms with Crippen molar-refractivity contribution in [1.29, 1.82) is 0 Å². The Morgan fingerprint density at radius 3 is 2.47 bits per heavy atom. The van der Waals surface area contributed by atoms with Crippen molar-refractivity contribution in [2.45, 2.75) is 40.3 Å². The number of nitrogens with one attached hydrogen (secondary N) is 2. The maximum atomic E-state index is 13.5. The minimum absolute atomic E-state index is 0.139. The normalized spacial score (nSPS) is 10.9. The van der Waals surface area contributed by atoms with Gasteiger partial charge in [0.1, 0.15) is 5.82 Å². The topological polar surface area (TPSA) is 48.1 Å². The van der Waals surface area contributed by atoms with Crippen molar-refractivity contribution < 1.29 is 4.39 Å². The summed E-state index contributed by atoms with van der Waals surface area (Å²) in [4.78, 5) is 18.0. The summed E-state index contributed by atoms with van der Waals surface area (Å²) >= 11 is 5.80. The SMILES string of the molecule is CCc1ccccc1NC(=S)N(Cc1ccc(F)cc1)Cc1cc2cc(C)cc(C)c2[nH]c1=O. The number of anilines is 1. The van der Waals surface area contributed by atoms with Gasteiger partial charge in [0.05, 0.1) is 12.1 Å². The summed E-state index contributed by atoms with van der Waals surface area (Å²) in [6, 6.07) is 20.4. The Kier molecular flexibility index (Phi) is 7.08. The van der Waals surface area contributed by atoms with E-state index in [9.17, 15) is 9.18 Å². The molecule has 3 aromatic carbocycles. The van der Waals surface area contributed by atoms with Gasteiger partial charge in [-0.15, -0.1) is 0 Å². The second-order valence-electron chi connectivity index (χ2n) is 8.59. The van der Waals surface area contributed by atoms with Crippen molar-refractivity contribution in [2.75, 3.05) is 5.32 Å². The van der Waals surface area contributed by atoms with Crippen LogP contribution in [0.5, 0.6) is 0 Å². The van der Waals surface area contributed by atoms with E-state index in [0.717, 1.165) is 45.3 Å². The lowest BCUT2D eigenvalue weighted by Crippen LogP contribution is -2.35. The van der Waals surface area contributed by atoms with Crippen molar-refractivity contribution in [2.24, 2.45) is 0 Å². The zero-order chi connectivity index (χ0) is 24.2. The number of aromatic nitrogens is 1. The first-order valence-electron chi connectivity index (χ1n) is 11.4. The summed E-state index contributed by atoms with van der Waals surface area (Å²) in [5.74, 6) is -0.287. The Balaban J connectivity index is 1.69. The molecule has 4 rings (SSSR count). The number of aromatic amines is 1. The van der Waals surface area contributed by atoms with Gasteiger partial charge >= 0.3 is 0 Å². The highest BCUT2D eigenvalue weighted by molar-refractivity contribution is 7.80. The summed E-state index contributed by atoms with van der Waals surface area (Å²) in [6.45, 7) is 6.89. The molecule has 0 atom stereocenters. The minimum atomic E-state index is -0.287. The third-order valence-electron chi connectivity index (χ3n) is 5.95. The summed E-state index contributed by atoms with van der Waals surface area (Å²) in [7, 11) is 0. The molecule has 0 amide bonds. The van der Waals surface area contributed by atoms with E-state index >= 15 is 0 Å². The van der Waals surface area contributed by atoms with Crippen molar-refractivity contribution in [3.63, 3.8) is 0 Å². The standard InChI is InChI=1S/C28H28FN3OS/c1-4-21-7-5-6-8-25(21)30-28(34)32(16-20-9-11-24(29)12-10-20)17-23-15-22-14-18(2)13-19(3)26(22)31-27(23)33/h5-15H,4,16-17H2,1-3H3,(H,30,34)(H,31,33). The van der Waals surface area contributed by atoms with Crippen LogP contribution in [-0.4, -0.2) is 15.0 Å². The number of para-hydroxylation sites is 1. The van der Waals surface area contributed by atoms with Gasteiger partial charge in [-0.1, -0.05) is 48.9 Å². The average Bonchev–Trinajstić information content (AvgIpc) is 2.81. The second kappa shape index (κ2) is 10.2. The van der Waals surface area contributed by atoms with Gasteiger partial charge in [-0.05, 0) is 84.9 Å². The molecule has 0 unspecified atom stereocenters. The third kappa shape index (κ3) is 5.34. The van der Waals surface area contributed by atoms with Crippen molar-refractivity contribution in [3.05, 3.63) is 111 Å². The number of H-pyrrole nitrogens is 1. The molecule has 0 saturated carbocycles. The monoisotopic (exact) mass is 473 g/mol. The van der Waals surface area contributed by atoms with Gasteiger partial charge in [0.15, 0.2) is 5.11 Å². The number of aryl methyl sites for hydroxylation is 3. The number of fused-ring (bicyclic) bond motifs is 1. The molecule has 0 fully saturated rings. The van der Waals surface area contributed by atoms with Crippen LogP contribution in [-0.2, 0) is 19.5 Å². The van der Waals surface area contributed by atoms with Crippen LogP contribution < -0.4 is 10.9 Å². The molecule has 174 valence electrons. The number of nitrogens with zero attached hydrogens (tertiary/aromatic N) is 1. The second-order valence-corrected chi connectivity index (χ2v) is 8.98. The summed E-state index contributed by atoms with van der Waals surface area (Å²) in [5.41, 5.74) is 6.50. The Morgan fingerprint density at radius 1 is 1.00 bits per heavy atom. The van der Waals surface area contributed by atoms with Gasteiger partial charge in [0, 0.05) is 17.8 Å². The number of pyridine rings is 1. The van der Waals surface area contributed by atoms with E-state index < -0.39 is 0 Å². The minimum Gasteiger partial charge on any atom is -0.340 e. The molecular weight excluding hydrogens is 445 g/mol. The summed E-state index contributed by atoms with van der Waals surface area (Å²) < 4.78 is 13.5. The van der Waals surface area contributed by atoms with E-state index in [1.54, 1.807) is 12.1 Å². The molecule has 4 nitrogen and oxygen atoms in total. The fourth-order valence-corrected chi connectivity index (χ4v) is 4.45. The van der Waals surface area contributed by atoms with Crippen molar-refractivity contribution in [3.8, 4) is 0 Å². The number of rotatable bonds is 6. The van der Waals surface area contributed by atoms with E-state index in [0.29, 0.717) is 23.8 Å². The van der Waals surface area contributed by atoms with Crippen LogP contribution in [0.1, 0.15) is 34.7 Å². The number of benzene rings is 3. The van der Waals surface area contributed by atoms with Crippen LogP contribution >= 0.6 is 12.2 Å². The van der Waals surface area contributed by atoms with E-state index in [4.69, 9.17) is 12.2 Å². The molecule has 0 aliphatic rings. The molecule has 0 aliphatic heterocycles. The molecule has 1 aromatic heterocycles. The molecule has 6 heteroatoms. The van der Waals surface area contributed by atoms with Crippen molar-refractivity contribution >= 4 is 33.9 Å². The first-order valence-corrected chi connectivity index (χ1v) is 11.8. The highest BCUT2D eigenvalue weighted by Gasteiger charge is 2.16. The lowest BCUT2D eigenvalue weighted by molar-refractivity contribution is 0.411. The third-order valence-corrected chi connectivity index (χ3v) is 6.31. The van der Waals surface area contributed by atoms with Crippen LogP contribution in [0, 0.1) is 19.7 Å². The van der Waals surface area contributed by atoms with E-state index in [1.807, 2.05) is 43.0 Å². The maximum absolute atomic E-state index is 13.5. The predicted octanol–water partition coefficient (Wildman–Crippen LogP) is 6.25. The Bertz CT molecular complexity index is 1400. The van der Waals surface area contributed by atoms with Crippen LogP contribution in [0.15, 0.2) is 71.5 Å². The van der Waals surface area contributed by atoms with Gasteiger partial charge in [-0.2, -0.15) is 0 Å². The molecule has 0 saturated heterocycles. The van der Waals surface area contributed by atoms with Crippen molar-refractivity contribution in [1.82, 2.24) is 9.88 Å². The lowest BCUT2D eigenvalue weighted by Gasteiger charge is -2.27. The number of hydrogen-bond donors (Lipinski definition) is 2. The molecular formula is C28H28FN3OS. The lowest BCUT2D eigenvalue weighted by atomic mass is 10.0. The molecule has 0 bridgehead atoms. The zero-order valence-electron chi connectivity index (χ0n) is 19.6. The summed E-state index contributed by atoms with van der Waals surface area (Å²) in [5, 5.41) is 4.85. The number of halogens is 1. The molecule has 0 radical (unpaired) electrons. The molecule has 4 aromatic rings. The quantitative estimate of drug-likeness (QED) is 0.325. The Morgan fingerprint density at radius 2 is 1.74 bits per heavy atom. The Hall–Kier alpha value is -3.51. The molecule has 0 spiro atoms. The van der Waals surface area contributed by atoms with Gasteiger partial charge in [-0.25, -0.2) is 4.39 Å². The van der Waals surface area contributed by atoms with Crippen LogP contribution in [0.4, 0.5) is 10.1 Å². The first-order chi connectivity index (χ1) is 16.3. The van der Waals surface area contributed by atoms with Gasteiger partial charge in [0.2, 0.25) is 0 Å². The van der Waals surface area contributed by atoms with Gasteiger partial charge in [-0.3, -0.25) is 4.79 Å². The zero-order valence-corrected chi connectivity index (χ0v) is 20.4. The predicted molar refractivity (Wildman–Crippen MR) is 142 cm³/mol. The van der Waals surface area contributed by atoms with E-state index in [1.165, 1.54) is 12.1 Å². The van der Waals surface area contributed by atoms with Crippen LogP contribution in [0.2, 0.25) is 0 Å². The molecule has 1 heterocycles. The van der Waals surface area contributed by atoms with E-state index in [2.05, 4.69) is 35.4 Å². The van der Waals surface area contributed by atoms with Gasteiger partial charge < -0.3 is 15.2 Å². The number of thiocarbonyl (C=S) groups is 1. The summed E-state index contributed by atoms with van der Waals surface area (Å²) in [6.07, 6.45) is 0.868. The molecule has 2 N–H and O–H groups in total. The number of hydrogen-bond acceptors (Lipinski definition) is 2. The van der Waals surface area contributed by atoms with E-state index in [-0.39, 0.29) is 11.4 Å². The highest BCUT2D eigenvalue weighted by atomic mass is 32.1. The molecule has 0 aliphatic carbocycles. The average molecular weight is 474 g/mol. The fourth-order valence-electron chi connectivity index (χ4n) is 4.21. The fraction of sp³-hybridized carbons (Fsp3) is 0.214. The highest BCUT2D eigenvalue weighted by Crippen LogP contribution is 2.21. The Labute approximate surface area is 204 Å². The largest absolute Gasteiger partial charge is 0.340 e. The van der Waals surface area contributed by atoms with Crippen LogP contribution in [0.25, 0.3) is 10.9 Å². The maximum Gasteiger partial charge on any atom is 0.253 e. The van der Waals surface area contributed by atoms with Crippen LogP contribution in [0.3, 0.4) is 0 Å².